The van der Waals surface area contributed by atoms with Crippen LogP contribution in [0.25, 0.3) is 33.7 Å². The standard InChI is InChI=1S/C44H34N4SSi2/c1-50(2)39-25-14-13-24-38(39)49-43-40(50)26-15-27-41(43)51(31-16-5-3-6-17-31,32-18-7-4-8-19-32)33-28-29-45-42(30-33)48-37-23-12-11-22-36(37)47-35-21-10-9-20-34(35)46-44(47)48/h3-30H,1-2H3. The third kappa shape index (κ3) is 4.38. The molecule has 10 rings (SSSR count). The number of nitrogens with zero attached hydrogens (tertiary/aromatic N) is 4. The molecular formula is C44H34N4SSi2. The third-order valence-corrected chi connectivity index (χ3v) is 20.9. The predicted molar refractivity (Wildman–Crippen MR) is 218 cm³/mol. The molecule has 0 fully saturated rings. The van der Waals surface area contributed by atoms with Crippen molar-refractivity contribution in [3.8, 4) is 5.82 Å². The molecule has 3 aromatic heterocycles. The van der Waals surface area contributed by atoms with E-state index in [0.29, 0.717) is 0 Å². The van der Waals surface area contributed by atoms with Gasteiger partial charge in [-0.2, -0.15) is 0 Å². The lowest BCUT2D eigenvalue weighted by Crippen LogP contribution is -2.76. The normalized spacial score (nSPS) is 13.8. The van der Waals surface area contributed by atoms with Crippen molar-refractivity contribution in [1.82, 2.24) is 18.9 Å². The monoisotopic (exact) mass is 706 g/mol. The molecule has 0 unspecified atom stereocenters. The fraction of sp³-hybridized carbons (Fsp3) is 0.0455. The summed E-state index contributed by atoms with van der Waals surface area (Å²) >= 11 is 1.97. The number of aromatic nitrogens is 4. The van der Waals surface area contributed by atoms with Crippen LogP contribution in [0.4, 0.5) is 0 Å². The quantitative estimate of drug-likeness (QED) is 0.152. The second-order valence-electron chi connectivity index (χ2n) is 13.9. The minimum absolute atomic E-state index is 0.866. The van der Waals surface area contributed by atoms with E-state index < -0.39 is 16.1 Å². The maximum absolute atomic E-state index is 5.19. The largest absolute Gasteiger partial charge is 0.276 e. The van der Waals surface area contributed by atoms with Crippen molar-refractivity contribution in [2.45, 2.75) is 22.9 Å². The molecule has 0 amide bonds. The maximum Gasteiger partial charge on any atom is 0.221 e. The van der Waals surface area contributed by atoms with E-state index in [1.807, 2.05) is 18.0 Å². The topological polar surface area (TPSA) is 35.1 Å². The Morgan fingerprint density at radius 1 is 0.569 bits per heavy atom. The number of benzene rings is 6. The first-order chi connectivity index (χ1) is 25.1. The first-order valence-electron chi connectivity index (χ1n) is 17.4. The minimum atomic E-state index is -2.95. The predicted octanol–water partition coefficient (Wildman–Crippen LogP) is 6.49. The van der Waals surface area contributed by atoms with Crippen LogP contribution in [0.15, 0.2) is 180 Å². The Morgan fingerprint density at radius 2 is 1.20 bits per heavy atom. The molecule has 244 valence electrons. The number of hydrogen-bond acceptors (Lipinski definition) is 3. The molecule has 6 aromatic carbocycles. The van der Waals surface area contributed by atoms with Gasteiger partial charge in [0.2, 0.25) is 5.78 Å². The van der Waals surface area contributed by atoms with Crippen LogP contribution >= 0.6 is 11.8 Å². The molecule has 9 aromatic rings. The second-order valence-corrected chi connectivity index (χ2v) is 23.0. The lowest BCUT2D eigenvalue weighted by atomic mass is 10.3. The lowest BCUT2D eigenvalue weighted by Gasteiger charge is -2.40. The fourth-order valence-corrected chi connectivity index (χ4v) is 19.5. The molecule has 51 heavy (non-hydrogen) atoms. The van der Waals surface area contributed by atoms with Crippen molar-refractivity contribution in [2.24, 2.45) is 0 Å². The molecule has 0 bridgehead atoms. The Labute approximate surface area is 303 Å². The van der Waals surface area contributed by atoms with Crippen LogP contribution in [0, 0.1) is 0 Å². The molecule has 1 aliphatic heterocycles. The first-order valence-corrected chi connectivity index (χ1v) is 23.2. The Hall–Kier alpha value is -5.48. The summed E-state index contributed by atoms with van der Waals surface area (Å²) < 4.78 is 4.52. The van der Waals surface area contributed by atoms with Crippen molar-refractivity contribution in [3.05, 3.63) is 170 Å². The zero-order valence-electron chi connectivity index (χ0n) is 28.4. The van der Waals surface area contributed by atoms with E-state index in [1.165, 1.54) is 40.9 Å². The molecule has 0 atom stereocenters. The number of hydrogen-bond donors (Lipinski definition) is 0. The lowest BCUT2D eigenvalue weighted by molar-refractivity contribution is 1.04. The van der Waals surface area contributed by atoms with Gasteiger partial charge in [-0.1, -0.05) is 146 Å². The third-order valence-electron chi connectivity index (χ3n) is 10.8. The molecule has 7 heteroatoms. The molecule has 1 aliphatic rings. The highest BCUT2D eigenvalue weighted by atomic mass is 32.2. The average Bonchev–Trinajstić information content (AvgIpc) is 3.71. The molecule has 4 heterocycles. The number of para-hydroxylation sites is 4. The van der Waals surface area contributed by atoms with Gasteiger partial charge in [0.05, 0.1) is 22.1 Å². The number of imidazole rings is 2. The molecule has 0 saturated heterocycles. The zero-order chi connectivity index (χ0) is 34.2. The summed E-state index contributed by atoms with van der Waals surface area (Å²) in [5.41, 5.74) is 4.26. The summed E-state index contributed by atoms with van der Waals surface area (Å²) in [4.78, 5) is 13.1. The molecule has 0 aliphatic carbocycles. The molecular weight excluding hydrogens is 673 g/mol. The summed E-state index contributed by atoms with van der Waals surface area (Å²) in [6.07, 6.45) is 2.02. The summed E-state index contributed by atoms with van der Waals surface area (Å²) in [5.74, 6) is 1.74. The minimum Gasteiger partial charge on any atom is -0.276 e. The van der Waals surface area contributed by atoms with Gasteiger partial charge in [-0.05, 0) is 73.6 Å². The van der Waals surface area contributed by atoms with Crippen molar-refractivity contribution in [3.63, 3.8) is 0 Å². The van der Waals surface area contributed by atoms with Crippen molar-refractivity contribution in [1.29, 1.82) is 0 Å². The van der Waals surface area contributed by atoms with Crippen molar-refractivity contribution in [2.75, 3.05) is 0 Å². The number of pyridine rings is 1. The SMILES string of the molecule is C[Si]1(C)c2ccccc2Sc2c1cccc2[Si](c1ccccc1)(c1ccccc1)c1ccnc(-n2c3ccccc3n3c4ccccc4nc23)c1. The van der Waals surface area contributed by atoms with Gasteiger partial charge in [0.25, 0.3) is 0 Å². The molecule has 0 saturated carbocycles. The molecule has 0 radical (unpaired) electrons. The summed E-state index contributed by atoms with van der Waals surface area (Å²) in [5, 5.41) is 8.48. The highest BCUT2D eigenvalue weighted by molar-refractivity contribution is 8.00. The Kier molecular flexibility index (Phi) is 6.86. The number of fused-ring (bicyclic) bond motifs is 7. The van der Waals surface area contributed by atoms with E-state index in [4.69, 9.17) is 9.97 Å². The van der Waals surface area contributed by atoms with Crippen LogP contribution in [0.3, 0.4) is 0 Å². The maximum atomic E-state index is 5.19. The van der Waals surface area contributed by atoms with Gasteiger partial charge in [0.1, 0.15) is 13.9 Å². The van der Waals surface area contributed by atoms with E-state index in [0.717, 1.165) is 33.7 Å². The van der Waals surface area contributed by atoms with Crippen LogP contribution in [0.1, 0.15) is 0 Å². The Balaban J connectivity index is 1.31. The zero-order valence-corrected chi connectivity index (χ0v) is 31.2. The van der Waals surface area contributed by atoms with Gasteiger partial charge in [0.15, 0.2) is 8.07 Å². The molecule has 0 spiro atoms. The van der Waals surface area contributed by atoms with Gasteiger partial charge in [-0.25, -0.2) is 9.97 Å². The van der Waals surface area contributed by atoms with E-state index in [1.54, 1.807) is 0 Å². The van der Waals surface area contributed by atoms with Gasteiger partial charge in [-0.3, -0.25) is 8.97 Å². The number of rotatable bonds is 5. The summed E-state index contributed by atoms with van der Waals surface area (Å²) in [7, 11) is -4.96. The van der Waals surface area contributed by atoms with Gasteiger partial charge in [0, 0.05) is 16.0 Å². The van der Waals surface area contributed by atoms with Crippen LogP contribution in [-0.4, -0.2) is 35.1 Å². The second kappa shape index (κ2) is 11.5. The first kappa shape index (κ1) is 30.4. The van der Waals surface area contributed by atoms with Crippen molar-refractivity contribution < 1.29 is 0 Å². The van der Waals surface area contributed by atoms with Crippen LogP contribution < -0.4 is 31.1 Å². The Bertz CT molecular complexity index is 2730. The summed E-state index contributed by atoms with van der Waals surface area (Å²) in [6.45, 7) is 5.04. The fourth-order valence-electron chi connectivity index (χ4n) is 8.45. The smallest absolute Gasteiger partial charge is 0.221 e. The van der Waals surface area contributed by atoms with Crippen LogP contribution in [-0.2, 0) is 0 Å². The molecule has 4 nitrogen and oxygen atoms in total. The van der Waals surface area contributed by atoms with Crippen LogP contribution in [0.5, 0.6) is 0 Å². The van der Waals surface area contributed by atoms with Gasteiger partial charge in [-0.15, -0.1) is 0 Å². The van der Waals surface area contributed by atoms with Gasteiger partial charge < -0.3 is 0 Å². The Morgan fingerprint density at radius 3 is 1.96 bits per heavy atom. The van der Waals surface area contributed by atoms with E-state index in [9.17, 15) is 0 Å². The van der Waals surface area contributed by atoms with E-state index in [2.05, 4.69) is 186 Å². The van der Waals surface area contributed by atoms with E-state index in [-0.39, 0.29) is 0 Å². The highest BCUT2D eigenvalue weighted by Gasteiger charge is 2.46. The molecule has 0 N–H and O–H groups in total. The van der Waals surface area contributed by atoms with Gasteiger partial charge >= 0.3 is 0 Å². The van der Waals surface area contributed by atoms with E-state index >= 15 is 0 Å². The van der Waals surface area contributed by atoms with Crippen molar-refractivity contribution >= 4 is 86.9 Å². The summed E-state index contributed by atoms with van der Waals surface area (Å²) in [6, 6.07) is 60.4. The average molecular weight is 707 g/mol. The van der Waals surface area contributed by atoms with Crippen LogP contribution in [0.2, 0.25) is 13.1 Å². The highest BCUT2D eigenvalue weighted by Crippen LogP contribution is 2.34.